The molecule has 1 saturated heterocycles. The Balaban J connectivity index is 2.20. The van der Waals surface area contributed by atoms with Crippen molar-refractivity contribution in [1.82, 2.24) is 5.43 Å². The Labute approximate surface area is 125 Å². The topological polar surface area (TPSA) is 90.6 Å². The number of nitrogens with two attached hydrogens (primary N) is 1. The molecule has 2 atom stereocenters. The van der Waals surface area contributed by atoms with Crippen molar-refractivity contribution in [3.63, 3.8) is 0 Å². The first-order valence-electron chi connectivity index (χ1n) is 6.87. The second-order valence-corrected chi connectivity index (χ2v) is 7.56. The van der Waals surface area contributed by atoms with E-state index in [0.717, 1.165) is 5.56 Å². The fourth-order valence-corrected chi connectivity index (χ4v) is 4.67. The molecule has 1 aromatic carbocycles. The molecule has 2 rings (SSSR count). The van der Waals surface area contributed by atoms with Gasteiger partial charge in [-0.15, -0.1) is 0 Å². The zero-order chi connectivity index (χ0) is 15.5. The van der Waals surface area contributed by atoms with Crippen LogP contribution in [0.25, 0.3) is 0 Å². The molecule has 0 amide bonds. The highest BCUT2D eigenvalue weighted by molar-refractivity contribution is 7.91. The largest absolute Gasteiger partial charge is 0.497 e. The van der Waals surface area contributed by atoms with Crippen molar-refractivity contribution in [2.45, 2.75) is 18.9 Å². The maximum atomic E-state index is 11.6. The summed E-state index contributed by atoms with van der Waals surface area (Å²) >= 11 is 0. The van der Waals surface area contributed by atoms with Crippen molar-refractivity contribution < 1.29 is 17.9 Å². The van der Waals surface area contributed by atoms with Gasteiger partial charge in [-0.05, 0) is 37.0 Å². The molecule has 0 spiro atoms. The van der Waals surface area contributed by atoms with Crippen LogP contribution in [0, 0.1) is 5.92 Å². The van der Waals surface area contributed by atoms with E-state index in [4.69, 9.17) is 15.3 Å². The molecule has 118 valence electrons. The summed E-state index contributed by atoms with van der Waals surface area (Å²) in [6.07, 6.45) is 1.34. The smallest absolute Gasteiger partial charge is 0.150 e. The summed E-state index contributed by atoms with van der Waals surface area (Å²) < 4.78 is 33.7. The molecule has 1 aliphatic heterocycles. The third-order valence-electron chi connectivity index (χ3n) is 3.91. The van der Waals surface area contributed by atoms with Crippen LogP contribution >= 0.6 is 0 Å². The highest BCUT2D eigenvalue weighted by atomic mass is 32.2. The van der Waals surface area contributed by atoms with Crippen LogP contribution in [-0.4, -0.2) is 34.1 Å². The molecule has 7 heteroatoms. The van der Waals surface area contributed by atoms with Gasteiger partial charge in [0.1, 0.15) is 11.5 Å². The van der Waals surface area contributed by atoms with E-state index in [2.05, 4.69) is 5.43 Å². The highest BCUT2D eigenvalue weighted by Gasteiger charge is 2.30. The van der Waals surface area contributed by atoms with Gasteiger partial charge < -0.3 is 9.47 Å². The molecule has 2 unspecified atom stereocenters. The van der Waals surface area contributed by atoms with E-state index in [1.165, 1.54) is 0 Å². The highest BCUT2D eigenvalue weighted by Crippen LogP contribution is 2.34. The standard InChI is InChI=1S/C14H22N2O4S/c1-19-11-3-4-14(20-2)12(8-11)13(16-15)7-10-5-6-21(17,18)9-10/h3-4,8,10,13,16H,5-7,9,15H2,1-2H3. The van der Waals surface area contributed by atoms with Crippen LogP contribution in [0.15, 0.2) is 18.2 Å². The Bertz CT molecular complexity index is 589. The van der Waals surface area contributed by atoms with E-state index in [9.17, 15) is 8.42 Å². The van der Waals surface area contributed by atoms with Gasteiger partial charge in [0.15, 0.2) is 9.84 Å². The lowest BCUT2D eigenvalue weighted by molar-refractivity contribution is 0.372. The zero-order valence-electron chi connectivity index (χ0n) is 12.3. The first-order chi connectivity index (χ1) is 9.99. The van der Waals surface area contributed by atoms with E-state index in [1.807, 2.05) is 18.2 Å². The molecule has 6 nitrogen and oxygen atoms in total. The molecular formula is C14H22N2O4S. The van der Waals surface area contributed by atoms with Gasteiger partial charge in [0.05, 0.1) is 31.8 Å². The minimum absolute atomic E-state index is 0.118. The molecule has 1 heterocycles. The maximum Gasteiger partial charge on any atom is 0.150 e. The summed E-state index contributed by atoms with van der Waals surface area (Å²) in [6.45, 7) is 0. The normalized spacial score (nSPS) is 22.0. The Morgan fingerprint density at radius 2 is 2.14 bits per heavy atom. The van der Waals surface area contributed by atoms with Crippen LogP contribution in [-0.2, 0) is 9.84 Å². The zero-order valence-corrected chi connectivity index (χ0v) is 13.2. The van der Waals surface area contributed by atoms with E-state index < -0.39 is 9.84 Å². The predicted octanol–water partition coefficient (Wildman–Crippen LogP) is 1.03. The van der Waals surface area contributed by atoms with Gasteiger partial charge in [0, 0.05) is 5.56 Å². The second-order valence-electron chi connectivity index (χ2n) is 5.33. The summed E-state index contributed by atoms with van der Waals surface area (Å²) in [5.74, 6) is 7.71. The fourth-order valence-electron chi connectivity index (χ4n) is 2.79. The predicted molar refractivity (Wildman–Crippen MR) is 81.0 cm³/mol. The quantitative estimate of drug-likeness (QED) is 0.602. The molecule has 1 aliphatic rings. The third kappa shape index (κ3) is 3.87. The molecule has 0 bridgehead atoms. The third-order valence-corrected chi connectivity index (χ3v) is 5.75. The average Bonchev–Trinajstić information content (AvgIpc) is 2.83. The van der Waals surface area contributed by atoms with Crippen molar-refractivity contribution in [2.75, 3.05) is 25.7 Å². The second kappa shape index (κ2) is 6.64. The SMILES string of the molecule is COc1ccc(OC)c(C(CC2CCS(=O)(=O)C2)NN)c1. The number of rotatable bonds is 6. The first-order valence-corrected chi connectivity index (χ1v) is 8.69. The number of hydrogen-bond donors (Lipinski definition) is 2. The van der Waals surface area contributed by atoms with Crippen LogP contribution in [0.5, 0.6) is 11.5 Å². The van der Waals surface area contributed by atoms with Gasteiger partial charge in [0.2, 0.25) is 0 Å². The Morgan fingerprint density at radius 3 is 2.67 bits per heavy atom. The van der Waals surface area contributed by atoms with Crippen LogP contribution < -0.4 is 20.7 Å². The molecule has 0 saturated carbocycles. The van der Waals surface area contributed by atoms with E-state index in [0.29, 0.717) is 24.3 Å². The van der Waals surface area contributed by atoms with Crippen LogP contribution in [0.1, 0.15) is 24.4 Å². The Morgan fingerprint density at radius 1 is 1.38 bits per heavy atom. The van der Waals surface area contributed by atoms with Crippen LogP contribution in [0.3, 0.4) is 0 Å². The number of nitrogens with one attached hydrogen (secondary N) is 1. The van der Waals surface area contributed by atoms with Crippen molar-refractivity contribution in [2.24, 2.45) is 11.8 Å². The number of ether oxygens (including phenoxy) is 2. The van der Waals surface area contributed by atoms with Crippen molar-refractivity contribution >= 4 is 9.84 Å². The van der Waals surface area contributed by atoms with E-state index in [1.54, 1.807) is 14.2 Å². The molecule has 21 heavy (non-hydrogen) atoms. The lowest BCUT2D eigenvalue weighted by atomic mass is 9.94. The molecule has 1 aromatic rings. The molecule has 1 fully saturated rings. The monoisotopic (exact) mass is 314 g/mol. The average molecular weight is 314 g/mol. The number of sulfone groups is 1. The number of hydrogen-bond acceptors (Lipinski definition) is 6. The summed E-state index contributed by atoms with van der Waals surface area (Å²) in [4.78, 5) is 0. The van der Waals surface area contributed by atoms with E-state index >= 15 is 0 Å². The van der Waals surface area contributed by atoms with Crippen molar-refractivity contribution in [3.8, 4) is 11.5 Å². The van der Waals surface area contributed by atoms with Gasteiger partial charge in [-0.1, -0.05) is 0 Å². The van der Waals surface area contributed by atoms with Gasteiger partial charge in [-0.25, -0.2) is 8.42 Å². The number of benzene rings is 1. The fraction of sp³-hybridized carbons (Fsp3) is 0.571. The minimum Gasteiger partial charge on any atom is -0.497 e. The molecular weight excluding hydrogens is 292 g/mol. The Kier molecular flexibility index (Phi) is 5.08. The summed E-state index contributed by atoms with van der Waals surface area (Å²) in [7, 11) is 0.309. The van der Waals surface area contributed by atoms with Crippen molar-refractivity contribution in [1.29, 1.82) is 0 Å². The van der Waals surface area contributed by atoms with Crippen molar-refractivity contribution in [3.05, 3.63) is 23.8 Å². The van der Waals surface area contributed by atoms with E-state index in [-0.39, 0.29) is 23.5 Å². The van der Waals surface area contributed by atoms with Gasteiger partial charge in [-0.2, -0.15) is 0 Å². The molecule has 0 aliphatic carbocycles. The number of methoxy groups -OCH3 is 2. The van der Waals surface area contributed by atoms with Crippen LogP contribution in [0.4, 0.5) is 0 Å². The van der Waals surface area contributed by atoms with Gasteiger partial charge in [-0.3, -0.25) is 11.3 Å². The lowest BCUT2D eigenvalue weighted by Gasteiger charge is -2.22. The number of hydrazine groups is 1. The lowest BCUT2D eigenvalue weighted by Crippen LogP contribution is -2.30. The maximum absolute atomic E-state index is 11.6. The van der Waals surface area contributed by atoms with Crippen LogP contribution in [0.2, 0.25) is 0 Å². The molecule has 3 N–H and O–H groups in total. The molecule has 0 aromatic heterocycles. The first kappa shape index (κ1) is 16.1. The van der Waals surface area contributed by atoms with Gasteiger partial charge in [0.25, 0.3) is 0 Å². The minimum atomic E-state index is -2.88. The molecule has 0 radical (unpaired) electrons. The summed E-state index contributed by atoms with van der Waals surface area (Å²) in [6, 6.07) is 5.33. The summed E-state index contributed by atoms with van der Waals surface area (Å²) in [5.41, 5.74) is 3.65. The Hall–Kier alpha value is -1.31. The summed E-state index contributed by atoms with van der Waals surface area (Å²) in [5, 5.41) is 0. The van der Waals surface area contributed by atoms with Gasteiger partial charge >= 0.3 is 0 Å².